The van der Waals surface area contributed by atoms with Crippen LogP contribution >= 0.6 is 0 Å². The van der Waals surface area contributed by atoms with Gasteiger partial charge in [0.05, 0.1) is 6.61 Å². The lowest BCUT2D eigenvalue weighted by molar-refractivity contribution is 0.0913. The number of nitrogens with one attached hydrogen (secondary N) is 2. The van der Waals surface area contributed by atoms with Gasteiger partial charge in [-0.2, -0.15) is 0 Å². The summed E-state index contributed by atoms with van der Waals surface area (Å²) >= 11 is 0. The molecular formula is C13H21N3O2. The maximum absolute atomic E-state index is 11.7. The normalized spacial score (nSPS) is 10.1. The number of hydrogen-bond donors (Lipinski definition) is 3. The molecule has 0 bridgehead atoms. The van der Waals surface area contributed by atoms with Gasteiger partial charge in [0, 0.05) is 24.4 Å². The molecule has 0 heterocycles. The topological polar surface area (TPSA) is 76.4 Å². The largest absolute Gasteiger partial charge is 0.380 e. The van der Waals surface area contributed by atoms with Crippen LogP contribution < -0.4 is 16.6 Å². The van der Waals surface area contributed by atoms with Crippen LogP contribution in [0, 0.1) is 0 Å². The quantitative estimate of drug-likeness (QED) is 0.372. The molecule has 0 aliphatic carbocycles. The summed E-state index contributed by atoms with van der Waals surface area (Å²) in [5, 5.41) is 2.80. The third kappa shape index (κ3) is 5.16. The van der Waals surface area contributed by atoms with E-state index in [0.29, 0.717) is 18.7 Å². The molecule has 1 aromatic carbocycles. The molecule has 0 saturated heterocycles. The molecule has 0 saturated carbocycles. The summed E-state index contributed by atoms with van der Waals surface area (Å²) in [5.41, 5.74) is 3.90. The van der Waals surface area contributed by atoms with Crippen molar-refractivity contribution < 1.29 is 9.53 Å². The molecule has 0 radical (unpaired) electrons. The fraction of sp³-hybridized carbons (Fsp3) is 0.462. The third-order valence-electron chi connectivity index (χ3n) is 2.49. The lowest BCUT2D eigenvalue weighted by Crippen LogP contribution is -2.27. The molecule has 0 unspecified atom stereocenters. The number of nitrogens with two attached hydrogens (primary N) is 1. The van der Waals surface area contributed by atoms with Crippen LogP contribution in [0.3, 0.4) is 0 Å². The summed E-state index contributed by atoms with van der Waals surface area (Å²) < 4.78 is 5.36. The Morgan fingerprint density at radius 3 is 2.61 bits per heavy atom. The number of carbonyl (C=O) groups is 1. The molecule has 1 rings (SSSR count). The maximum atomic E-state index is 11.7. The first-order valence-electron chi connectivity index (χ1n) is 6.20. The molecule has 0 aliphatic rings. The first-order valence-corrected chi connectivity index (χ1v) is 6.20. The summed E-state index contributed by atoms with van der Waals surface area (Å²) in [6.45, 7) is 3.95. The number of benzene rings is 1. The summed E-state index contributed by atoms with van der Waals surface area (Å²) in [7, 11) is 0. The Kier molecular flexibility index (Phi) is 6.83. The first kappa shape index (κ1) is 14.5. The number of anilines is 1. The van der Waals surface area contributed by atoms with E-state index in [4.69, 9.17) is 10.6 Å². The molecule has 0 fully saturated rings. The summed E-state index contributed by atoms with van der Waals surface area (Å²) in [6.07, 6.45) is 2.18. The lowest BCUT2D eigenvalue weighted by atomic mass is 10.2. The van der Waals surface area contributed by atoms with E-state index < -0.39 is 0 Å². The molecule has 4 N–H and O–H groups in total. The van der Waals surface area contributed by atoms with Crippen LogP contribution in [0.1, 0.15) is 30.1 Å². The first-order chi connectivity index (χ1) is 8.77. The minimum Gasteiger partial charge on any atom is -0.380 e. The Hall–Kier alpha value is -1.59. The Labute approximate surface area is 108 Å². The molecule has 100 valence electrons. The van der Waals surface area contributed by atoms with Crippen molar-refractivity contribution in [1.82, 2.24) is 5.32 Å². The van der Waals surface area contributed by atoms with E-state index in [9.17, 15) is 4.79 Å². The smallest absolute Gasteiger partial charge is 0.251 e. The zero-order chi connectivity index (χ0) is 13.2. The zero-order valence-electron chi connectivity index (χ0n) is 10.7. The van der Waals surface area contributed by atoms with E-state index in [2.05, 4.69) is 17.7 Å². The number of rotatable bonds is 8. The highest BCUT2D eigenvalue weighted by Gasteiger charge is 2.03. The van der Waals surface area contributed by atoms with Gasteiger partial charge in [0.1, 0.15) is 0 Å². The van der Waals surface area contributed by atoms with E-state index in [-0.39, 0.29) is 5.91 Å². The van der Waals surface area contributed by atoms with E-state index in [1.807, 2.05) is 0 Å². The molecule has 5 nitrogen and oxygen atoms in total. The van der Waals surface area contributed by atoms with Crippen molar-refractivity contribution in [3.8, 4) is 0 Å². The predicted octanol–water partition coefficient (Wildman–Crippen LogP) is 1.52. The summed E-state index contributed by atoms with van der Waals surface area (Å²) in [6, 6.07) is 6.96. The van der Waals surface area contributed by atoms with E-state index in [1.165, 1.54) is 0 Å². The van der Waals surface area contributed by atoms with Crippen molar-refractivity contribution in [3.63, 3.8) is 0 Å². The Bertz CT molecular complexity index is 352. The van der Waals surface area contributed by atoms with Gasteiger partial charge in [-0.05, 0) is 30.7 Å². The minimum atomic E-state index is -0.0994. The molecule has 18 heavy (non-hydrogen) atoms. The van der Waals surface area contributed by atoms with Crippen LogP contribution in [0.4, 0.5) is 5.69 Å². The molecule has 0 spiro atoms. The van der Waals surface area contributed by atoms with Crippen molar-refractivity contribution >= 4 is 11.6 Å². The third-order valence-corrected chi connectivity index (χ3v) is 2.49. The highest BCUT2D eigenvalue weighted by molar-refractivity contribution is 5.94. The van der Waals surface area contributed by atoms with Gasteiger partial charge in [0.2, 0.25) is 0 Å². The highest BCUT2D eigenvalue weighted by Crippen LogP contribution is 2.07. The van der Waals surface area contributed by atoms with Crippen molar-refractivity contribution in [2.24, 2.45) is 5.84 Å². The molecule has 1 aromatic rings. The van der Waals surface area contributed by atoms with Crippen LogP contribution in [0.5, 0.6) is 0 Å². The van der Waals surface area contributed by atoms with Gasteiger partial charge in [0.25, 0.3) is 5.91 Å². The molecule has 0 atom stereocenters. The van der Waals surface area contributed by atoms with Crippen LogP contribution in [0.15, 0.2) is 24.3 Å². The van der Waals surface area contributed by atoms with Gasteiger partial charge in [0.15, 0.2) is 0 Å². The Balaban J connectivity index is 2.23. The second kappa shape index (κ2) is 8.49. The number of unbranched alkanes of at least 4 members (excludes halogenated alkanes) is 1. The molecular weight excluding hydrogens is 230 g/mol. The number of ether oxygens (including phenoxy) is 1. The van der Waals surface area contributed by atoms with Crippen LogP contribution in [-0.4, -0.2) is 25.7 Å². The van der Waals surface area contributed by atoms with Crippen molar-refractivity contribution in [2.75, 3.05) is 25.2 Å². The van der Waals surface area contributed by atoms with Crippen molar-refractivity contribution in [3.05, 3.63) is 29.8 Å². The fourth-order valence-corrected chi connectivity index (χ4v) is 1.41. The van der Waals surface area contributed by atoms with Gasteiger partial charge in [-0.3, -0.25) is 10.6 Å². The second-order valence-electron chi connectivity index (χ2n) is 3.94. The highest BCUT2D eigenvalue weighted by atomic mass is 16.5. The predicted molar refractivity (Wildman–Crippen MR) is 72.3 cm³/mol. The summed E-state index contributed by atoms with van der Waals surface area (Å²) in [4.78, 5) is 11.7. The van der Waals surface area contributed by atoms with Gasteiger partial charge < -0.3 is 15.5 Å². The average Bonchev–Trinajstić information content (AvgIpc) is 2.42. The molecule has 1 amide bonds. The van der Waals surface area contributed by atoms with Crippen LogP contribution in [0.2, 0.25) is 0 Å². The van der Waals surface area contributed by atoms with Gasteiger partial charge >= 0.3 is 0 Å². The van der Waals surface area contributed by atoms with Gasteiger partial charge in [-0.15, -0.1) is 0 Å². The van der Waals surface area contributed by atoms with E-state index >= 15 is 0 Å². The average molecular weight is 251 g/mol. The van der Waals surface area contributed by atoms with Gasteiger partial charge in [-0.25, -0.2) is 0 Å². The second-order valence-corrected chi connectivity index (χ2v) is 3.94. The molecule has 0 aromatic heterocycles. The Morgan fingerprint density at radius 1 is 1.28 bits per heavy atom. The number of hydrogen-bond acceptors (Lipinski definition) is 4. The standard InChI is InChI=1S/C13H21N3O2/c1-2-3-9-18-10-8-15-13(17)11-4-6-12(16-14)7-5-11/h4-7,16H,2-3,8-10,14H2,1H3,(H,15,17). The Morgan fingerprint density at radius 2 is 2.00 bits per heavy atom. The van der Waals surface area contributed by atoms with Gasteiger partial charge in [-0.1, -0.05) is 13.3 Å². The van der Waals surface area contributed by atoms with E-state index in [1.54, 1.807) is 24.3 Å². The fourth-order valence-electron chi connectivity index (χ4n) is 1.41. The lowest BCUT2D eigenvalue weighted by Gasteiger charge is -2.06. The molecule has 5 heteroatoms. The van der Waals surface area contributed by atoms with Crippen LogP contribution in [0.25, 0.3) is 0 Å². The van der Waals surface area contributed by atoms with E-state index in [0.717, 1.165) is 25.1 Å². The zero-order valence-corrected chi connectivity index (χ0v) is 10.7. The summed E-state index contributed by atoms with van der Waals surface area (Å²) in [5.74, 6) is 5.15. The maximum Gasteiger partial charge on any atom is 0.251 e. The minimum absolute atomic E-state index is 0.0994. The number of amides is 1. The number of nitrogen functional groups attached to an aromatic ring is 1. The van der Waals surface area contributed by atoms with Crippen LogP contribution in [-0.2, 0) is 4.74 Å². The number of carbonyl (C=O) groups excluding carboxylic acids is 1. The monoisotopic (exact) mass is 251 g/mol. The van der Waals surface area contributed by atoms with Crippen molar-refractivity contribution in [2.45, 2.75) is 19.8 Å². The SMILES string of the molecule is CCCCOCCNC(=O)c1ccc(NN)cc1. The molecule has 0 aliphatic heterocycles. The number of hydrazine groups is 1. The van der Waals surface area contributed by atoms with Crippen molar-refractivity contribution in [1.29, 1.82) is 0 Å².